The summed E-state index contributed by atoms with van der Waals surface area (Å²) in [6.45, 7) is 1.45. The van der Waals surface area contributed by atoms with Crippen molar-refractivity contribution in [3.05, 3.63) is 42.0 Å². The maximum atomic E-state index is 13.0. The van der Waals surface area contributed by atoms with Crippen molar-refractivity contribution in [2.45, 2.75) is 19.6 Å². The minimum atomic E-state index is -1.05. The van der Waals surface area contributed by atoms with E-state index in [2.05, 4.69) is 4.98 Å². The van der Waals surface area contributed by atoms with E-state index >= 15 is 0 Å². The van der Waals surface area contributed by atoms with Gasteiger partial charge in [0.1, 0.15) is 17.8 Å². The molecule has 0 fully saturated rings. The second-order valence-electron chi connectivity index (χ2n) is 3.95. The van der Waals surface area contributed by atoms with Crippen LogP contribution in [0.4, 0.5) is 4.39 Å². The number of benzene rings is 1. The van der Waals surface area contributed by atoms with Crippen LogP contribution in [0.5, 0.6) is 0 Å². The Hall–Kier alpha value is -2.21. The molecule has 0 amide bonds. The lowest BCUT2D eigenvalue weighted by molar-refractivity contribution is -0.149. The Bertz CT molecular complexity index is 582. The zero-order valence-corrected chi connectivity index (χ0v) is 10.2. The van der Waals surface area contributed by atoms with E-state index in [1.807, 2.05) is 0 Å². The second-order valence-corrected chi connectivity index (χ2v) is 3.95. The third-order valence-corrected chi connectivity index (χ3v) is 2.45. The van der Waals surface area contributed by atoms with Gasteiger partial charge in [-0.3, -0.25) is 0 Å². The molecular formula is C13H12FNO4. The molecular weight excluding hydrogens is 253 g/mol. The third kappa shape index (κ3) is 3.38. The van der Waals surface area contributed by atoms with E-state index < -0.39 is 12.1 Å². The highest BCUT2D eigenvalue weighted by molar-refractivity contribution is 5.71. The first-order valence-corrected chi connectivity index (χ1v) is 5.61. The molecule has 0 bridgehead atoms. The highest BCUT2D eigenvalue weighted by Gasteiger charge is 2.13. The molecule has 0 saturated heterocycles. The number of oxazole rings is 1. The number of halogens is 1. The molecule has 5 nitrogen and oxygen atoms in total. The molecule has 0 aliphatic rings. The molecule has 100 valence electrons. The van der Waals surface area contributed by atoms with Crippen LogP contribution in [0, 0.1) is 5.82 Å². The molecule has 1 aromatic carbocycles. The lowest BCUT2D eigenvalue weighted by Gasteiger charge is -2.05. The van der Waals surface area contributed by atoms with Crippen LogP contribution in [0.3, 0.4) is 0 Å². The van der Waals surface area contributed by atoms with E-state index in [1.165, 1.54) is 25.3 Å². The molecule has 1 N–H and O–H groups in total. The number of hydrogen-bond donors (Lipinski definition) is 1. The molecule has 2 aromatic rings. The molecule has 0 radical (unpaired) electrons. The van der Waals surface area contributed by atoms with Gasteiger partial charge < -0.3 is 14.3 Å². The minimum Gasteiger partial charge on any atom is -0.479 e. The molecule has 6 heteroatoms. The van der Waals surface area contributed by atoms with Gasteiger partial charge in [0, 0.05) is 5.56 Å². The average Bonchev–Trinajstić information content (AvgIpc) is 2.84. The van der Waals surface area contributed by atoms with Gasteiger partial charge in [0.25, 0.3) is 0 Å². The molecule has 1 aromatic heterocycles. The van der Waals surface area contributed by atoms with Gasteiger partial charge in [-0.1, -0.05) is 6.07 Å². The summed E-state index contributed by atoms with van der Waals surface area (Å²) in [5.41, 5.74) is 0.963. The number of carboxylic acids is 1. The fourth-order valence-electron chi connectivity index (χ4n) is 1.41. The Kier molecular flexibility index (Phi) is 3.91. The first-order valence-electron chi connectivity index (χ1n) is 5.61. The first kappa shape index (κ1) is 13.2. The number of nitrogens with zero attached hydrogens (tertiary/aromatic N) is 1. The summed E-state index contributed by atoms with van der Waals surface area (Å²) in [7, 11) is 0. The molecule has 0 spiro atoms. The number of rotatable bonds is 5. The van der Waals surface area contributed by atoms with Gasteiger partial charge in [-0.15, -0.1) is 0 Å². The summed E-state index contributed by atoms with van der Waals surface area (Å²) in [6.07, 6.45) is 0.434. The van der Waals surface area contributed by atoms with Gasteiger partial charge in [0.2, 0.25) is 5.89 Å². The maximum absolute atomic E-state index is 13.0. The van der Waals surface area contributed by atoms with Crippen molar-refractivity contribution in [1.82, 2.24) is 4.98 Å². The predicted molar refractivity (Wildman–Crippen MR) is 63.8 cm³/mol. The second kappa shape index (κ2) is 5.62. The smallest absolute Gasteiger partial charge is 0.332 e. The fraction of sp³-hybridized carbons (Fsp3) is 0.231. The van der Waals surface area contributed by atoms with Crippen LogP contribution in [0.1, 0.15) is 12.6 Å². The lowest BCUT2D eigenvalue weighted by Crippen LogP contribution is -2.19. The summed E-state index contributed by atoms with van der Waals surface area (Å²) in [5, 5.41) is 8.66. The molecule has 1 heterocycles. The van der Waals surface area contributed by atoms with Crippen LogP contribution in [0.2, 0.25) is 0 Å². The van der Waals surface area contributed by atoms with Crippen molar-refractivity contribution in [1.29, 1.82) is 0 Å². The molecule has 0 aliphatic heterocycles. The summed E-state index contributed by atoms with van der Waals surface area (Å²) in [5.74, 6) is -1.16. The van der Waals surface area contributed by atoms with Crippen molar-refractivity contribution in [2.75, 3.05) is 0 Å². The molecule has 2 rings (SSSR count). The van der Waals surface area contributed by atoms with Gasteiger partial charge in [-0.25, -0.2) is 14.2 Å². The van der Waals surface area contributed by atoms with Crippen molar-refractivity contribution < 1.29 is 23.4 Å². The topological polar surface area (TPSA) is 72.6 Å². The highest BCUT2D eigenvalue weighted by Crippen LogP contribution is 2.19. The Labute approximate surface area is 108 Å². The van der Waals surface area contributed by atoms with Crippen molar-refractivity contribution in [3.63, 3.8) is 0 Å². The van der Waals surface area contributed by atoms with E-state index in [1.54, 1.807) is 12.1 Å². The lowest BCUT2D eigenvalue weighted by atomic mass is 10.2. The quantitative estimate of drug-likeness (QED) is 0.899. The number of carbonyl (C=O) groups is 1. The first-order chi connectivity index (χ1) is 9.06. The predicted octanol–water partition coefficient (Wildman–Crippen LogP) is 2.47. The summed E-state index contributed by atoms with van der Waals surface area (Å²) in [4.78, 5) is 14.7. The van der Waals surface area contributed by atoms with Gasteiger partial charge >= 0.3 is 5.97 Å². The Morgan fingerprint density at radius 3 is 3.05 bits per heavy atom. The Morgan fingerprint density at radius 2 is 2.37 bits per heavy atom. The van der Waals surface area contributed by atoms with E-state index in [-0.39, 0.29) is 18.3 Å². The van der Waals surface area contributed by atoms with E-state index in [0.29, 0.717) is 11.3 Å². The van der Waals surface area contributed by atoms with Gasteiger partial charge in [-0.05, 0) is 25.1 Å². The van der Waals surface area contributed by atoms with Crippen LogP contribution in [-0.4, -0.2) is 22.2 Å². The summed E-state index contributed by atoms with van der Waals surface area (Å²) in [6, 6.07) is 5.85. The number of carboxylic acid groups (broad SMARTS) is 1. The zero-order chi connectivity index (χ0) is 13.8. The van der Waals surface area contributed by atoms with Crippen LogP contribution in [0.25, 0.3) is 11.5 Å². The molecule has 0 aliphatic carbocycles. The summed E-state index contributed by atoms with van der Waals surface area (Å²) < 4.78 is 23.3. The fourth-order valence-corrected chi connectivity index (χ4v) is 1.41. The van der Waals surface area contributed by atoms with E-state index in [4.69, 9.17) is 14.3 Å². The monoisotopic (exact) mass is 265 g/mol. The molecule has 0 unspecified atom stereocenters. The zero-order valence-electron chi connectivity index (χ0n) is 10.2. The van der Waals surface area contributed by atoms with E-state index in [9.17, 15) is 9.18 Å². The Balaban J connectivity index is 2.05. The number of ether oxygens (including phenoxy) is 1. The minimum absolute atomic E-state index is 0.0201. The third-order valence-electron chi connectivity index (χ3n) is 2.45. The highest BCUT2D eigenvalue weighted by atomic mass is 19.1. The Morgan fingerprint density at radius 1 is 1.58 bits per heavy atom. The molecule has 19 heavy (non-hydrogen) atoms. The SMILES string of the molecule is C[C@H](OCc1coc(-c2cccc(F)c2)n1)C(=O)O. The van der Waals surface area contributed by atoms with Crippen LogP contribution in [-0.2, 0) is 16.1 Å². The number of aliphatic carboxylic acids is 1. The van der Waals surface area contributed by atoms with Crippen LogP contribution >= 0.6 is 0 Å². The van der Waals surface area contributed by atoms with Gasteiger partial charge in [0.05, 0.1) is 6.61 Å². The summed E-state index contributed by atoms with van der Waals surface area (Å²) >= 11 is 0. The van der Waals surface area contributed by atoms with Gasteiger partial charge in [-0.2, -0.15) is 0 Å². The largest absolute Gasteiger partial charge is 0.479 e. The molecule has 1 atom stereocenters. The van der Waals surface area contributed by atoms with Crippen molar-refractivity contribution in [3.8, 4) is 11.5 Å². The van der Waals surface area contributed by atoms with Crippen molar-refractivity contribution >= 4 is 5.97 Å². The van der Waals surface area contributed by atoms with Gasteiger partial charge in [0.15, 0.2) is 6.10 Å². The van der Waals surface area contributed by atoms with E-state index in [0.717, 1.165) is 0 Å². The van der Waals surface area contributed by atoms with Crippen LogP contribution in [0.15, 0.2) is 34.9 Å². The standard InChI is InChI=1S/C13H12FNO4/c1-8(13(16)17)18-6-11-7-19-12(15-11)9-3-2-4-10(14)5-9/h2-5,7-8H,6H2,1H3,(H,16,17)/t8-/m0/s1. The van der Waals surface area contributed by atoms with Crippen molar-refractivity contribution in [2.24, 2.45) is 0 Å². The average molecular weight is 265 g/mol. The normalized spacial score (nSPS) is 12.3. The number of aromatic nitrogens is 1. The molecule has 0 saturated carbocycles. The number of hydrogen-bond acceptors (Lipinski definition) is 4. The maximum Gasteiger partial charge on any atom is 0.332 e. The van der Waals surface area contributed by atoms with Crippen LogP contribution < -0.4 is 0 Å².